The summed E-state index contributed by atoms with van der Waals surface area (Å²) in [4.78, 5) is 11.5. The van der Waals surface area contributed by atoms with Gasteiger partial charge < -0.3 is 10.1 Å². The van der Waals surface area contributed by atoms with Gasteiger partial charge in [0, 0.05) is 6.54 Å². The molecule has 0 aliphatic rings. The molecule has 22 heavy (non-hydrogen) atoms. The van der Waals surface area contributed by atoms with Crippen LogP contribution in [0.15, 0.2) is 42.5 Å². The minimum absolute atomic E-state index is 0.159. The normalized spacial score (nSPS) is 10.3. The Balaban J connectivity index is 1.73. The van der Waals surface area contributed by atoms with Crippen molar-refractivity contribution in [2.24, 2.45) is 0 Å². The van der Waals surface area contributed by atoms with Gasteiger partial charge in [0.2, 0.25) is 0 Å². The second-order valence-electron chi connectivity index (χ2n) is 4.58. The molecule has 116 valence electrons. The molecule has 0 fully saturated rings. The van der Waals surface area contributed by atoms with Crippen LogP contribution >= 0.6 is 0 Å². The molecule has 2 aromatic carbocycles. The van der Waals surface area contributed by atoms with Crippen LogP contribution in [-0.2, 0) is 11.2 Å². The highest BCUT2D eigenvalue weighted by Crippen LogP contribution is 2.11. The van der Waals surface area contributed by atoms with Gasteiger partial charge in [-0.1, -0.05) is 0 Å². The molecule has 3 nitrogen and oxygen atoms in total. The van der Waals surface area contributed by atoms with Crippen molar-refractivity contribution in [1.82, 2.24) is 5.32 Å². The van der Waals surface area contributed by atoms with Crippen LogP contribution in [0.2, 0.25) is 0 Å². The van der Waals surface area contributed by atoms with E-state index in [1.54, 1.807) is 0 Å². The van der Waals surface area contributed by atoms with E-state index in [2.05, 4.69) is 5.32 Å². The number of hydrogen-bond donors (Lipinski definition) is 1. The number of carbonyl (C=O) groups excluding carboxylic acids is 1. The van der Waals surface area contributed by atoms with E-state index in [4.69, 9.17) is 4.74 Å². The monoisotopic (exact) mass is 309 g/mol. The van der Waals surface area contributed by atoms with Crippen LogP contribution in [0.3, 0.4) is 0 Å². The summed E-state index contributed by atoms with van der Waals surface area (Å²) in [6.45, 7) is -0.0801. The molecule has 0 saturated carbocycles. The molecular weight excluding hydrogens is 295 g/mol. The third-order valence-corrected chi connectivity index (χ3v) is 2.91. The smallest absolute Gasteiger partial charge is 0.257 e. The highest BCUT2D eigenvalue weighted by molar-refractivity contribution is 5.77. The number of carbonyl (C=O) groups is 1. The Morgan fingerprint density at radius 3 is 2.41 bits per heavy atom. The molecule has 1 N–H and O–H groups in total. The van der Waals surface area contributed by atoms with Crippen molar-refractivity contribution in [2.75, 3.05) is 13.2 Å². The first kappa shape index (κ1) is 15.9. The predicted molar refractivity (Wildman–Crippen MR) is 75.0 cm³/mol. The Morgan fingerprint density at radius 2 is 1.68 bits per heavy atom. The van der Waals surface area contributed by atoms with Crippen molar-refractivity contribution in [1.29, 1.82) is 0 Å². The van der Waals surface area contributed by atoms with E-state index in [-0.39, 0.29) is 25.1 Å². The van der Waals surface area contributed by atoms with Gasteiger partial charge in [-0.3, -0.25) is 4.79 Å². The minimum Gasteiger partial charge on any atom is -0.484 e. The van der Waals surface area contributed by atoms with Crippen molar-refractivity contribution in [3.05, 3.63) is 65.5 Å². The minimum atomic E-state index is -0.526. The molecule has 2 rings (SSSR count). The number of halogens is 3. The van der Waals surface area contributed by atoms with Crippen molar-refractivity contribution < 1.29 is 22.7 Å². The second-order valence-corrected chi connectivity index (χ2v) is 4.58. The van der Waals surface area contributed by atoms with Gasteiger partial charge >= 0.3 is 0 Å². The number of amides is 1. The summed E-state index contributed by atoms with van der Waals surface area (Å²) in [5.74, 6) is -1.47. The average molecular weight is 309 g/mol. The summed E-state index contributed by atoms with van der Waals surface area (Å²) in [6, 6.07) is 8.43. The van der Waals surface area contributed by atoms with Gasteiger partial charge in [-0.15, -0.1) is 0 Å². The summed E-state index contributed by atoms with van der Waals surface area (Å²) in [7, 11) is 0. The maximum atomic E-state index is 13.4. The topological polar surface area (TPSA) is 38.3 Å². The molecule has 0 saturated heterocycles. The molecule has 0 atom stereocenters. The third-order valence-electron chi connectivity index (χ3n) is 2.91. The van der Waals surface area contributed by atoms with E-state index in [1.807, 2.05) is 0 Å². The molecule has 0 aromatic heterocycles. The molecule has 0 heterocycles. The van der Waals surface area contributed by atoms with Crippen molar-refractivity contribution in [2.45, 2.75) is 6.42 Å². The Kier molecular flexibility index (Phi) is 5.41. The molecule has 0 bridgehead atoms. The van der Waals surface area contributed by atoms with Crippen LogP contribution in [0.25, 0.3) is 0 Å². The Labute approximate surface area is 125 Å². The lowest BCUT2D eigenvalue weighted by Gasteiger charge is -2.08. The van der Waals surface area contributed by atoms with Crippen LogP contribution in [0, 0.1) is 17.5 Å². The van der Waals surface area contributed by atoms with Crippen LogP contribution in [-0.4, -0.2) is 19.1 Å². The SMILES string of the molecule is O=C(COc1ccc(F)cc1)NCCc1cc(F)ccc1F. The van der Waals surface area contributed by atoms with E-state index in [9.17, 15) is 18.0 Å². The zero-order valence-corrected chi connectivity index (χ0v) is 11.6. The zero-order valence-electron chi connectivity index (χ0n) is 11.6. The van der Waals surface area contributed by atoms with E-state index in [0.29, 0.717) is 5.75 Å². The predicted octanol–water partition coefficient (Wildman–Crippen LogP) is 2.84. The van der Waals surface area contributed by atoms with Crippen LogP contribution in [0.4, 0.5) is 13.2 Å². The van der Waals surface area contributed by atoms with Gasteiger partial charge in [0.05, 0.1) is 0 Å². The van der Waals surface area contributed by atoms with Crippen LogP contribution in [0.5, 0.6) is 5.75 Å². The van der Waals surface area contributed by atoms with Crippen LogP contribution < -0.4 is 10.1 Å². The van der Waals surface area contributed by atoms with Gasteiger partial charge in [0.1, 0.15) is 23.2 Å². The van der Waals surface area contributed by atoms with Gasteiger partial charge in [0.25, 0.3) is 5.91 Å². The summed E-state index contributed by atoms with van der Waals surface area (Å²) < 4.78 is 44.2. The summed E-state index contributed by atoms with van der Waals surface area (Å²) in [6.07, 6.45) is 0.173. The second kappa shape index (κ2) is 7.49. The zero-order chi connectivity index (χ0) is 15.9. The van der Waals surface area contributed by atoms with Gasteiger partial charge in [0.15, 0.2) is 6.61 Å². The number of rotatable bonds is 6. The molecule has 6 heteroatoms. The Bertz CT molecular complexity index is 644. The number of hydrogen-bond acceptors (Lipinski definition) is 2. The summed E-state index contributed by atoms with van der Waals surface area (Å²) in [5.41, 5.74) is 0.194. The number of nitrogens with one attached hydrogen (secondary N) is 1. The van der Waals surface area contributed by atoms with Crippen molar-refractivity contribution in [3.63, 3.8) is 0 Å². The largest absolute Gasteiger partial charge is 0.484 e. The Hall–Kier alpha value is -2.50. The Morgan fingerprint density at radius 1 is 1.00 bits per heavy atom. The van der Waals surface area contributed by atoms with E-state index < -0.39 is 23.4 Å². The van der Waals surface area contributed by atoms with E-state index >= 15 is 0 Å². The molecule has 1 amide bonds. The van der Waals surface area contributed by atoms with E-state index in [1.165, 1.54) is 24.3 Å². The average Bonchev–Trinajstić information content (AvgIpc) is 2.50. The maximum Gasteiger partial charge on any atom is 0.257 e. The summed E-state index contributed by atoms with van der Waals surface area (Å²) >= 11 is 0. The highest BCUT2D eigenvalue weighted by atomic mass is 19.1. The maximum absolute atomic E-state index is 13.4. The first-order valence-corrected chi connectivity index (χ1v) is 6.63. The highest BCUT2D eigenvalue weighted by Gasteiger charge is 2.06. The quantitative estimate of drug-likeness (QED) is 0.891. The number of ether oxygens (including phenoxy) is 1. The molecule has 0 radical (unpaired) electrons. The lowest BCUT2D eigenvalue weighted by molar-refractivity contribution is -0.123. The summed E-state index contributed by atoms with van der Waals surface area (Å²) in [5, 5.41) is 2.53. The lowest BCUT2D eigenvalue weighted by atomic mass is 10.1. The fraction of sp³-hybridized carbons (Fsp3) is 0.188. The third kappa shape index (κ3) is 4.80. The van der Waals surface area contributed by atoms with E-state index in [0.717, 1.165) is 18.2 Å². The first-order chi connectivity index (χ1) is 10.5. The molecule has 0 aliphatic carbocycles. The molecule has 2 aromatic rings. The molecular formula is C16H14F3NO2. The molecule has 0 aliphatic heterocycles. The van der Waals surface area contributed by atoms with Crippen molar-refractivity contribution >= 4 is 5.91 Å². The van der Waals surface area contributed by atoms with Gasteiger partial charge in [-0.05, 0) is 54.4 Å². The van der Waals surface area contributed by atoms with Gasteiger partial charge in [-0.25, -0.2) is 13.2 Å². The first-order valence-electron chi connectivity index (χ1n) is 6.63. The fourth-order valence-corrected chi connectivity index (χ4v) is 1.80. The fourth-order valence-electron chi connectivity index (χ4n) is 1.80. The molecule has 0 unspecified atom stereocenters. The van der Waals surface area contributed by atoms with Crippen LogP contribution in [0.1, 0.15) is 5.56 Å². The molecule has 0 spiro atoms. The van der Waals surface area contributed by atoms with Gasteiger partial charge in [-0.2, -0.15) is 0 Å². The standard InChI is InChI=1S/C16H14F3NO2/c17-12-1-4-14(5-2-12)22-10-16(21)20-8-7-11-9-13(18)3-6-15(11)19/h1-6,9H,7-8,10H2,(H,20,21). The van der Waals surface area contributed by atoms with Crippen molar-refractivity contribution in [3.8, 4) is 5.75 Å². The number of benzene rings is 2. The lowest BCUT2D eigenvalue weighted by Crippen LogP contribution is -2.30.